The van der Waals surface area contributed by atoms with Crippen LogP contribution in [0.5, 0.6) is 5.75 Å². The molecule has 1 N–H and O–H groups in total. The van der Waals surface area contributed by atoms with Crippen LogP contribution in [-0.2, 0) is 26.2 Å². The zero-order valence-electron chi connectivity index (χ0n) is 24.6. The number of hydrogen-bond acceptors (Lipinski definition) is 5. The largest absolute Gasteiger partial charge is 0.494 e. The number of anilines is 1. The predicted octanol–water partition coefficient (Wildman–Crippen LogP) is 7.11. The molecule has 2 amide bonds. The van der Waals surface area contributed by atoms with Gasteiger partial charge in [0.05, 0.1) is 27.2 Å². The molecule has 0 aliphatic heterocycles. The van der Waals surface area contributed by atoms with E-state index in [0.29, 0.717) is 39.4 Å². The highest BCUT2D eigenvalue weighted by Crippen LogP contribution is 2.29. The summed E-state index contributed by atoms with van der Waals surface area (Å²) in [4.78, 5) is 29.2. The van der Waals surface area contributed by atoms with E-state index in [1.54, 1.807) is 42.5 Å². The highest BCUT2D eigenvalue weighted by Gasteiger charge is 2.34. The van der Waals surface area contributed by atoms with Gasteiger partial charge in [0.1, 0.15) is 18.3 Å². The monoisotopic (exact) mass is 679 g/mol. The molecule has 1 atom stereocenters. The molecule has 1 aliphatic carbocycles. The molecule has 12 heteroatoms. The van der Waals surface area contributed by atoms with Gasteiger partial charge in [0.2, 0.25) is 11.8 Å². The zero-order valence-corrected chi connectivity index (χ0v) is 27.7. The molecule has 0 saturated heterocycles. The fraction of sp³-hybridized carbons (Fsp3) is 0.375. The molecule has 1 fully saturated rings. The molecular weight excluding hydrogens is 645 g/mol. The van der Waals surface area contributed by atoms with Crippen molar-refractivity contribution in [2.24, 2.45) is 0 Å². The predicted molar refractivity (Wildman–Crippen MR) is 175 cm³/mol. The van der Waals surface area contributed by atoms with Crippen molar-refractivity contribution in [1.29, 1.82) is 0 Å². The Bertz CT molecular complexity index is 1550. The van der Waals surface area contributed by atoms with Crippen LogP contribution in [0.3, 0.4) is 0 Å². The smallest absolute Gasteiger partial charge is 0.264 e. The molecule has 4 rings (SSSR count). The Labute approximate surface area is 274 Å². The molecule has 8 nitrogen and oxygen atoms in total. The first kappa shape index (κ1) is 33.9. The van der Waals surface area contributed by atoms with E-state index in [-0.39, 0.29) is 29.1 Å². The van der Waals surface area contributed by atoms with Crippen LogP contribution in [0.2, 0.25) is 15.1 Å². The highest BCUT2D eigenvalue weighted by molar-refractivity contribution is 7.92. The highest BCUT2D eigenvalue weighted by atomic mass is 35.5. The van der Waals surface area contributed by atoms with E-state index in [1.165, 1.54) is 29.2 Å². The van der Waals surface area contributed by atoms with Gasteiger partial charge in [-0.1, -0.05) is 60.6 Å². The first-order valence-electron chi connectivity index (χ1n) is 14.6. The minimum Gasteiger partial charge on any atom is -0.494 e. The van der Waals surface area contributed by atoms with Gasteiger partial charge in [-0.05, 0) is 92.4 Å². The Kier molecular flexibility index (Phi) is 11.8. The number of nitrogens with zero attached hydrogens (tertiary/aromatic N) is 2. The second kappa shape index (κ2) is 15.3. The van der Waals surface area contributed by atoms with Crippen LogP contribution in [0.25, 0.3) is 0 Å². The summed E-state index contributed by atoms with van der Waals surface area (Å²) in [7, 11) is -4.23. The van der Waals surface area contributed by atoms with Crippen LogP contribution in [0.4, 0.5) is 5.69 Å². The van der Waals surface area contributed by atoms with Gasteiger partial charge in [-0.3, -0.25) is 13.9 Å². The van der Waals surface area contributed by atoms with Crippen molar-refractivity contribution in [3.8, 4) is 5.75 Å². The standard InChI is InChI=1S/C32H36Cl3N3O5S/c1-3-30(32(40)36-24-7-5-6-8-24)37(20-22-9-18-28(34)29(35)19-22)31(39)21-38(25-12-14-26(15-13-25)43-4-2)44(41,42)27-16-10-23(33)11-17-27/h9-19,24,30H,3-8,20-21H2,1-2H3,(H,36,40)/t30-/m1/s1. The van der Waals surface area contributed by atoms with Crippen LogP contribution >= 0.6 is 34.8 Å². The number of nitrogens with one attached hydrogen (secondary N) is 1. The first-order valence-corrected chi connectivity index (χ1v) is 17.2. The van der Waals surface area contributed by atoms with Crippen molar-refractivity contribution in [3.63, 3.8) is 0 Å². The lowest BCUT2D eigenvalue weighted by Gasteiger charge is -2.34. The lowest BCUT2D eigenvalue weighted by molar-refractivity contribution is -0.140. The zero-order chi connectivity index (χ0) is 31.9. The number of ether oxygens (including phenoxy) is 1. The molecule has 1 aliphatic rings. The summed E-state index contributed by atoms with van der Waals surface area (Å²) in [5, 5.41) is 4.14. The molecule has 3 aromatic carbocycles. The second-order valence-corrected chi connectivity index (χ2v) is 13.7. The average Bonchev–Trinajstić information content (AvgIpc) is 3.51. The van der Waals surface area contributed by atoms with E-state index in [0.717, 1.165) is 30.0 Å². The van der Waals surface area contributed by atoms with Crippen molar-refractivity contribution in [3.05, 3.63) is 87.4 Å². The number of sulfonamides is 1. The average molecular weight is 681 g/mol. The number of rotatable bonds is 13. The molecule has 0 spiro atoms. The number of carbonyl (C=O) groups is 2. The SMILES string of the molecule is CCOc1ccc(N(CC(=O)N(Cc2ccc(Cl)c(Cl)c2)[C@H](CC)C(=O)NC2CCCC2)S(=O)(=O)c2ccc(Cl)cc2)cc1. The maximum atomic E-state index is 14.3. The normalized spacial score (nSPS) is 14.2. The molecule has 0 unspecified atom stereocenters. The number of halogens is 3. The fourth-order valence-corrected chi connectivity index (χ4v) is 7.12. The number of benzene rings is 3. The van der Waals surface area contributed by atoms with E-state index in [1.807, 2.05) is 13.8 Å². The lowest BCUT2D eigenvalue weighted by atomic mass is 10.1. The summed E-state index contributed by atoms with van der Waals surface area (Å²) in [5.74, 6) is -0.279. The van der Waals surface area contributed by atoms with Gasteiger partial charge in [0.25, 0.3) is 10.0 Å². The van der Waals surface area contributed by atoms with E-state index in [9.17, 15) is 18.0 Å². The topological polar surface area (TPSA) is 96.0 Å². The number of carbonyl (C=O) groups excluding carboxylic acids is 2. The molecular formula is C32H36Cl3N3O5S. The maximum absolute atomic E-state index is 14.3. The van der Waals surface area contributed by atoms with E-state index in [2.05, 4.69) is 5.32 Å². The Morgan fingerprint density at radius 2 is 1.59 bits per heavy atom. The Balaban J connectivity index is 1.72. The number of hydrogen-bond donors (Lipinski definition) is 1. The van der Waals surface area contributed by atoms with E-state index in [4.69, 9.17) is 39.5 Å². The molecule has 0 radical (unpaired) electrons. The summed E-state index contributed by atoms with van der Waals surface area (Å²) in [6, 6.07) is 16.4. The summed E-state index contributed by atoms with van der Waals surface area (Å²) in [5.41, 5.74) is 0.905. The van der Waals surface area contributed by atoms with Crippen molar-refractivity contribution in [1.82, 2.24) is 10.2 Å². The first-order chi connectivity index (χ1) is 21.0. The summed E-state index contributed by atoms with van der Waals surface area (Å²) in [6.45, 7) is 3.57. The van der Waals surface area contributed by atoms with Gasteiger partial charge in [-0.25, -0.2) is 8.42 Å². The van der Waals surface area contributed by atoms with Crippen molar-refractivity contribution >= 4 is 62.3 Å². The van der Waals surface area contributed by atoms with Crippen LogP contribution in [-0.4, -0.2) is 50.4 Å². The lowest BCUT2D eigenvalue weighted by Crippen LogP contribution is -2.53. The molecule has 1 saturated carbocycles. The molecule has 236 valence electrons. The van der Waals surface area contributed by atoms with Gasteiger partial charge in [-0.2, -0.15) is 0 Å². The molecule has 3 aromatic rings. The third-order valence-electron chi connectivity index (χ3n) is 7.54. The Hall–Kier alpha value is -2.98. The van der Waals surface area contributed by atoms with Crippen LogP contribution < -0.4 is 14.4 Å². The number of amides is 2. The fourth-order valence-electron chi connectivity index (χ4n) is 5.26. The van der Waals surface area contributed by atoms with Crippen molar-refractivity contribution in [2.45, 2.75) is 69.5 Å². The van der Waals surface area contributed by atoms with Crippen molar-refractivity contribution < 1.29 is 22.7 Å². The van der Waals surface area contributed by atoms with E-state index >= 15 is 0 Å². The third kappa shape index (κ3) is 8.38. The molecule has 0 heterocycles. The van der Waals surface area contributed by atoms with Gasteiger partial charge in [0, 0.05) is 17.6 Å². The van der Waals surface area contributed by atoms with Crippen molar-refractivity contribution in [2.75, 3.05) is 17.5 Å². The summed E-state index contributed by atoms with van der Waals surface area (Å²) >= 11 is 18.4. The third-order valence-corrected chi connectivity index (χ3v) is 10.3. The van der Waals surface area contributed by atoms with Gasteiger partial charge in [0.15, 0.2) is 0 Å². The second-order valence-electron chi connectivity index (χ2n) is 10.6. The molecule has 44 heavy (non-hydrogen) atoms. The van der Waals surface area contributed by atoms with Gasteiger partial charge >= 0.3 is 0 Å². The summed E-state index contributed by atoms with van der Waals surface area (Å²) < 4.78 is 34.6. The minimum absolute atomic E-state index is 0.0183. The van der Waals surface area contributed by atoms with Crippen LogP contribution in [0.1, 0.15) is 51.5 Å². The van der Waals surface area contributed by atoms with Crippen LogP contribution in [0, 0.1) is 0 Å². The Morgan fingerprint density at radius 3 is 2.18 bits per heavy atom. The minimum atomic E-state index is -4.23. The maximum Gasteiger partial charge on any atom is 0.264 e. The molecule has 0 bridgehead atoms. The van der Waals surface area contributed by atoms with Gasteiger partial charge < -0.3 is 15.0 Å². The quantitative estimate of drug-likeness (QED) is 0.208. The summed E-state index contributed by atoms with van der Waals surface area (Å²) in [6.07, 6.45) is 4.15. The van der Waals surface area contributed by atoms with Crippen LogP contribution in [0.15, 0.2) is 71.6 Å². The van der Waals surface area contributed by atoms with E-state index < -0.39 is 28.5 Å². The Morgan fingerprint density at radius 1 is 0.932 bits per heavy atom. The molecule has 0 aromatic heterocycles. The van der Waals surface area contributed by atoms with Gasteiger partial charge in [-0.15, -0.1) is 0 Å².